The first-order valence-electron chi connectivity index (χ1n) is 10.6. The van der Waals surface area contributed by atoms with Crippen LogP contribution in [0.4, 0.5) is 23.2 Å². The van der Waals surface area contributed by atoms with E-state index in [4.69, 9.17) is 0 Å². The number of ketones is 1. The lowest BCUT2D eigenvalue weighted by Crippen LogP contribution is -2.15. The maximum Gasteiger partial charge on any atom is 0.418 e. The van der Waals surface area contributed by atoms with Crippen molar-refractivity contribution in [3.05, 3.63) is 118 Å². The highest BCUT2D eigenvalue weighted by Crippen LogP contribution is 2.35. The zero-order valence-corrected chi connectivity index (χ0v) is 18.8. The number of anilines is 1. The third-order valence-electron chi connectivity index (χ3n) is 5.65. The summed E-state index contributed by atoms with van der Waals surface area (Å²) in [5.41, 5.74) is 0.727. The molecule has 0 radical (unpaired) electrons. The standard InChI is InChI=1S/C27H20F4N2O2/c1-16-15-21(17(2)33(16)24-10-6-4-8-22(24)27(29,30)31)26(35)32-19-13-11-18(12-14-19)25(34)20-7-3-5-9-23(20)28/h3-15H,1-2H3,(H,32,35). The first-order chi connectivity index (χ1) is 16.6. The summed E-state index contributed by atoms with van der Waals surface area (Å²) in [7, 11) is 0. The van der Waals surface area contributed by atoms with E-state index in [0.717, 1.165) is 6.07 Å². The molecule has 1 aromatic heterocycles. The molecule has 0 aliphatic carbocycles. The minimum atomic E-state index is -4.55. The Morgan fingerprint density at radius 3 is 2.11 bits per heavy atom. The van der Waals surface area contributed by atoms with E-state index in [-0.39, 0.29) is 22.4 Å². The molecule has 1 N–H and O–H groups in total. The van der Waals surface area contributed by atoms with Crippen LogP contribution in [0.2, 0.25) is 0 Å². The predicted molar refractivity (Wildman–Crippen MR) is 124 cm³/mol. The Labute approximate surface area is 198 Å². The Hall–Kier alpha value is -4.20. The molecule has 1 heterocycles. The summed E-state index contributed by atoms with van der Waals surface area (Å²) in [6.07, 6.45) is -4.55. The van der Waals surface area contributed by atoms with Crippen LogP contribution in [0.5, 0.6) is 0 Å². The van der Waals surface area contributed by atoms with Gasteiger partial charge >= 0.3 is 6.18 Å². The van der Waals surface area contributed by atoms with Crippen LogP contribution >= 0.6 is 0 Å². The van der Waals surface area contributed by atoms with Gasteiger partial charge in [-0.3, -0.25) is 9.59 Å². The summed E-state index contributed by atoms with van der Waals surface area (Å²) >= 11 is 0. The maximum absolute atomic E-state index is 13.9. The van der Waals surface area contributed by atoms with E-state index in [9.17, 15) is 27.2 Å². The molecule has 0 atom stereocenters. The van der Waals surface area contributed by atoms with Gasteiger partial charge in [0, 0.05) is 22.6 Å². The molecule has 8 heteroatoms. The van der Waals surface area contributed by atoms with Gasteiger partial charge in [0.25, 0.3) is 5.91 Å². The average Bonchev–Trinajstić information content (AvgIpc) is 3.12. The van der Waals surface area contributed by atoms with E-state index in [1.54, 1.807) is 19.9 Å². The van der Waals surface area contributed by atoms with Crippen molar-refractivity contribution in [1.82, 2.24) is 4.57 Å². The minimum Gasteiger partial charge on any atom is -0.322 e. The van der Waals surface area contributed by atoms with Crippen LogP contribution in [0.1, 0.15) is 43.2 Å². The number of halogens is 4. The second-order valence-electron chi connectivity index (χ2n) is 7.98. The maximum atomic E-state index is 13.9. The first-order valence-corrected chi connectivity index (χ1v) is 10.6. The van der Waals surface area contributed by atoms with Gasteiger partial charge in [0.1, 0.15) is 5.82 Å². The second kappa shape index (κ2) is 9.21. The lowest BCUT2D eigenvalue weighted by atomic mass is 10.0. The van der Waals surface area contributed by atoms with Crippen molar-refractivity contribution in [1.29, 1.82) is 0 Å². The quantitative estimate of drug-likeness (QED) is 0.254. The van der Waals surface area contributed by atoms with Gasteiger partial charge < -0.3 is 9.88 Å². The Balaban J connectivity index is 1.58. The molecule has 0 saturated carbocycles. The van der Waals surface area contributed by atoms with E-state index >= 15 is 0 Å². The van der Waals surface area contributed by atoms with Crippen LogP contribution in [0.15, 0.2) is 78.9 Å². The Kier molecular flexibility index (Phi) is 6.30. The molecule has 0 spiro atoms. The van der Waals surface area contributed by atoms with Crippen LogP contribution in [0.3, 0.4) is 0 Å². The smallest absolute Gasteiger partial charge is 0.322 e. The van der Waals surface area contributed by atoms with E-state index < -0.39 is 29.2 Å². The number of hydrogen-bond donors (Lipinski definition) is 1. The fourth-order valence-corrected chi connectivity index (χ4v) is 3.98. The number of aromatic nitrogens is 1. The van der Waals surface area contributed by atoms with Crippen molar-refractivity contribution in [3.8, 4) is 5.69 Å². The van der Waals surface area contributed by atoms with Gasteiger partial charge in [-0.25, -0.2) is 4.39 Å². The van der Waals surface area contributed by atoms with Gasteiger partial charge in [0.2, 0.25) is 0 Å². The summed E-state index contributed by atoms with van der Waals surface area (Å²) in [6, 6.07) is 18.3. The fraction of sp³-hybridized carbons (Fsp3) is 0.111. The van der Waals surface area contributed by atoms with Gasteiger partial charge in [-0.1, -0.05) is 24.3 Å². The molecule has 178 valence electrons. The number of alkyl halides is 3. The zero-order valence-electron chi connectivity index (χ0n) is 18.8. The fourth-order valence-electron chi connectivity index (χ4n) is 3.98. The predicted octanol–water partition coefficient (Wildman–Crippen LogP) is 6.74. The van der Waals surface area contributed by atoms with Gasteiger partial charge in [0.15, 0.2) is 5.78 Å². The van der Waals surface area contributed by atoms with Crippen LogP contribution in [0.25, 0.3) is 5.69 Å². The molecule has 0 aliphatic heterocycles. The summed E-state index contributed by atoms with van der Waals surface area (Å²) in [4.78, 5) is 25.5. The number of hydrogen-bond acceptors (Lipinski definition) is 2. The van der Waals surface area contributed by atoms with Crippen LogP contribution < -0.4 is 5.32 Å². The van der Waals surface area contributed by atoms with E-state index in [2.05, 4.69) is 5.32 Å². The highest BCUT2D eigenvalue weighted by molar-refractivity contribution is 6.10. The van der Waals surface area contributed by atoms with Crippen molar-refractivity contribution in [2.24, 2.45) is 0 Å². The molecule has 0 unspecified atom stereocenters. The molecular weight excluding hydrogens is 460 g/mol. The lowest BCUT2D eigenvalue weighted by Gasteiger charge is -2.16. The van der Waals surface area contributed by atoms with Gasteiger partial charge in [-0.05, 0) is 68.4 Å². The topological polar surface area (TPSA) is 51.1 Å². The third-order valence-corrected chi connectivity index (χ3v) is 5.65. The highest BCUT2D eigenvalue weighted by atomic mass is 19.4. The molecule has 4 rings (SSSR count). The zero-order chi connectivity index (χ0) is 25.3. The molecular formula is C27H20F4N2O2. The number of amides is 1. The highest BCUT2D eigenvalue weighted by Gasteiger charge is 2.34. The van der Waals surface area contributed by atoms with Crippen molar-refractivity contribution >= 4 is 17.4 Å². The van der Waals surface area contributed by atoms with Gasteiger partial charge in [-0.2, -0.15) is 13.2 Å². The third kappa shape index (κ3) is 4.73. The number of rotatable bonds is 5. The van der Waals surface area contributed by atoms with E-state index in [1.807, 2.05) is 0 Å². The Morgan fingerprint density at radius 1 is 0.829 bits per heavy atom. The van der Waals surface area contributed by atoms with Crippen molar-refractivity contribution in [2.75, 3.05) is 5.32 Å². The number of aryl methyl sites for hydroxylation is 1. The number of carbonyl (C=O) groups excluding carboxylic acids is 2. The summed E-state index contributed by atoms with van der Waals surface area (Å²) in [5.74, 6) is -1.63. The van der Waals surface area contributed by atoms with Crippen LogP contribution in [-0.2, 0) is 6.18 Å². The summed E-state index contributed by atoms with van der Waals surface area (Å²) < 4.78 is 55.9. The SMILES string of the molecule is Cc1cc(C(=O)Nc2ccc(C(=O)c3ccccc3F)cc2)c(C)n1-c1ccccc1C(F)(F)F. The van der Waals surface area contributed by atoms with Crippen molar-refractivity contribution in [2.45, 2.75) is 20.0 Å². The number of carbonyl (C=O) groups is 2. The molecule has 0 fully saturated rings. The molecule has 1 amide bonds. The van der Waals surface area contributed by atoms with Crippen LogP contribution in [0, 0.1) is 19.7 Å². The lowest BCUT2D eigenvalue weighted by molar-refractivity contribution is -0.137. The monoisotopic (exact) mass is 480 g/mol. The molecule has 3 aromatic carbocycles. The summed E-state index contributed by atoms with van der Waals surface area (Å²) in [6.45, 7) is 3.20. The number of nitrogens with one attached hydrogen (secondary N) is 1. The Morgan fingerprint density at radius 2 is 1.46 bits per heavy atom. The molecule has 0 aliphatic rings. The van der Waals surface area contributed by atoms with Crippen molar-refractivity contribution < 1.29 is 27.2 Å². The second-order valence-corrected chi connectivity index (χ2v) is 7.98. The van der Waals surface area contributed by atoms with E-state index in [1.165, 1.54) is 71.3 Å². The summed E-state index contributed by atoms with van der Waals surface area (Å²) in [5, 5.41) is 2.69. The molecule has 0 saturated heterocycles. The minimum absolute atomic E-state index is 0.0594. The number of benzene rings is 3. The number of para-hydroxylation sites is 1. The first kappa shape index (κ1) is 23.9. The van der Waals surface area contributed by atoms with Gasteiger partial charge in [-0.15, -0.1) is 0 Å². The normalized spacial score (nSPS) is 11.4. The molecule has 4 aromatic rings. The molecule has 4 nitrogen and oxygen atoms in total. The largest absolute Gasteiger partial charge is 0.418 e. The number of nitrogens with zero attached hydrogens (tertiary/aromatic N) is 1. The molecule has 35 heavy (non-hydrogen) atoms. The molecule has 0 bridgehead atoms. The van der Waals surface area contributed by atoms with Gasteiger partial charge in [0.05, 0.1) is 22.4 Å². The van der Waals surface area contributed by atoms with E-state index in [0.29, 0.717) is 17.1 Å². The Bertz CT molecular complexity index is 1420. The van der Waals surface area contributed by atoms with Crippen LogP contribution in [-0.4, -0.2) is 16.3 Å². The van der Waals surface area contributed by atoms with Crippen molar-refractivity contribution in [3.63, 3.8) is 0 Å². The average molecular weight is 480 g/mol.